The van der Waals surface area contributed by atoms with Gasteiger partial charge in [0.05, 0.1) is 17.6 Å². The summed E-state index contributed by atoms with van der Waals surface area (Å²) in [6, 6.07) is 6.10. The van der Waals surface area contributed by atoms with Crippen LogP contribution in [0.15, 0.2) is 59.5 Å². The molecule has 190 valence electrons. The Morgan fingerprint density at radius 1 is 1.14 bits per heavy atom. The first-order valence-corrected chi connectivity index (χ1v) is 11.3. The average molecular weight is 532 g/mol. The topological polar surface area (TPSA) is 70.5 Å². The lowest BCUT2D eigenvalue weighted by Gasteiger charge is -2.24. The van der Waals surface area contributed by atoms with E-state index in [9.17, 15) is 18.4 Å². The molecule has 0 unspecified atom stereocenters. The minimum Gasteiger partial charge on any atom is -0.363 e. The van der Waals surface area contributed by atoms with Gasteiger partial charge in [-0.2, -0.15) is 8.78 Å². The molecule has 0 saturated carbocycles. The van der Waals surface area contributed by atoms with Gasteiger partial charge >= 0.3 is 6.05 Å². The maximum absolute atomic E-state index is 15.0. The number of nitrogens with zero attached hydrogens (tertiary/aromatic N) is 4. The highest BCUT2D eigenvalue weighted by Crippen LogP contribution is 2.43. The van der Waals surface area contributed by atoms with E-state index in [2.05, 4.69) is 10.4 Å². The van der Waals surface area contributed by atoms with Gasteiger partial charge in [0.15, 0.2) is 5.65 Å². The summed E-state index contributed by atoms with van der Waals surface area (Å²) in [5, 5.41) is 0.421. The molecule has 0 aliphatic carbocycles. The van der Waals surface area contributed by atoms with Gasteiger partial charge in [-0.05, 0) is 35.9 Å². The first-order chi connectivity index (χ1) is 17.5. The van der Waals surface area contributed by atoms with Gasteiger partial charge in [0.25, 0.3) is 5.91 Å². The number of hydrogen-bond acceptors (Lipinski definition) is 5. The molecule has 3 heterocycles. The predicted octanol–water partition coefficient (Wildman–Crippen LogP) is 4.59. The second kappa shape index (κ2) is 8.86. The Morgan fingerprint density at radius 2 is 1.89 bits per heavy atom. The van der Waals surface area contributed by atoms with Crippen LogP contribution in [0.1, 0.15) is 21.5 Å². The predicted molar refractivity (Wildman–Crippen MR) is 130 cm³/mol. The summed E-state index contributed by atoms with van der Waals surface area (Å²) in [5.41, 5.74) is 0.294. The van der Waals surface area contributed by atoms with Crippen LogP contribution in [0.2, 0.25) is 5.02 Å². The summed E-state index contributed by atoms with van der Waals surface area (Å²) in [6.45, 7) is -0.407. The molecular formula is C25H18ClF4N5O2. The fraction of sp³-hybridized carbons (Fsp3) is 0.160. The third kappa shape index (κ3) is 4.09. The number of fused-ring (bicyclic) bond motifs is 2. The fourth-order valence-corrected chi connectivity index (χ4v) is 4.40. The van der Waals surface area contributed by atoms with Crippen LogP contribution in [0.4, 0.5) is 23.4 Å². The summed E-state index contributed by atoms with van der Waals surface area (Å²) < 4.78 is 59.5. The number of carbonyl (C=O) groups is 1. The zero-order valence-corrected chi connectivity index (χ0v) is 20.2. The van der Waals surface area contributed by atoms with E-state index in [1.165, 1.54) is 30.3 Å². The number of pyridine rings is 2. The third-order valence-electron chi connectivity index (χ3n) is 6.04. The Kier molecular flexibility index (Phi) is 5.92. The Hall–Kier alpha value is -3.96. The highest BCUT2D eigenvalue weighted by atomic mass is 35.5. The fourth-order valence-electron chi connectivity index (χ4n) is 4.16. The summed E-state index contributed by atoms with van der Waals surface area (Å²) in [6.07, 6.45) is 0.997. The lowest BCUT2D eigenvalue weighted by molar-refractivity contribution is -0.163. The van der Waals surface area contributed by atoms with Crippen molar-refractivity contribution < 1.29 is 22.4 Å². The van der Waals surface area contributed by atoms with Crippen molar-refractivity contribution in [2.24, 2.45) is 0 Å². The molecule has 1 amide bonds. The van der Waals surface area contributed by atoms with Crippen molar-refractivity contribution in [2.45, 2.75) is 12.6 Å². The van der Waals surface area contributed by atoms with Crippen molar-refractivity contribution >= 4 is 34.4 Å². The van der Waals surface area contributed by atoms with Gasteiger partial charge in [0.1, 0.15) is 23.0 Å². The number of benzene rings is 2. The molecule has 1 aliphatic heterocycles. The zero-order chi connectivity index (χ0) is 26.6. The van der Waals surface area contributed by atoms with Gasteiger partial charge in [-0.15, -0.1) is 5.01 Å². The largest absolute Gasteiger partial charge is 0.363 e. The molecule has 4 aromatic rings. The smallest absolute Gasteiger partial charge is 0.348 e. The van der Waals surface area contributed by atoms with Crippen LogP contribution in [0.25, 0.3) is 16.7 Å². The summed E-state index contributed by atoms with van der Waals surface area (Å²) in [7, 11) is 3.41. The van der Waals surface area contributed by atoms with Gasteiger partial charge in [-0.1, -0.05) is 23.7 Å². The van der Waals surface area contributed by atoms with Crippen molar-refractivity contribution in [3.05, 3.63) is 98.3 Å². The molecule has 0 saturated heterocycles. The van der Waals surface area contributed by atoms with Crippen molar-refractivity contribution in [3.63, 3.8) is 0 Å². The Balaban J connectivity index is 1.63. The van der Waals surface area contributed by atoms with E-state index in [4.69, 9.17) is 11.6 Å². The Morgan fingerprint density at radius 3 is 2.57 bits per heavy atom. The van der Waals surface area contributed by atoms with Crippen LogP contribution in [-0.4, -0.2) is 34.6 Å². The molecule has 0 bridgehead atoms. The number of nitrogens with one attached hydrogen (secondary N) is 1. The normalized spacial score (nSPS) is 14.6. The van der Waals surface area contributed by atoms with E-state index in [0.717, 1.165) is 22.9 Å². The molecule has 0 spiro atoms. The molecule has 0 atom stereocenters. The van der Waals surface area contributed by atoms with Crippen LogP contribution in [0.5, 0.6) is 0 Å². The molecule has 5 rings (SSSR count). The van der Waals surface area contributed by atoms with Gasteiger partial charge in [-0.25, -0.2) is 13.8 Å². The van der Waals surface area contributed by atoms with Crippen molar-refractivity contribution in [2.75, 3.05) is 19.0 Å². The van der Waals surface area contributed by atoms with Gasteiger partial charge in [-0.3, -0.25) is 19.6 Å². The minimum atomic E-state index is -3.60. The number of amides is 1. The second-order valence-electron chi connectivity index (χ2n) is 8.61. The molecule has 12 heteroatoms. The van der Waals surface area contributed by atoms with Gasteiger partial charge in [0.2, 0.25) is 5.43 Å². The van der Waals surface area contributed by atoms with Crippen LogP contribution in [0.3, 0.4) is 0 Å². The zero-order valence-electron chi connectivity index (χ0n) is 19.4. The molecule has 37 heavy (non-hydrogen) atoms. The van der Waals surface area contributed by atoms with E-state index in [1.807, 2.05) is 0 Å². The average Bonchev–Trinajstić information content (AvgIpc) is 3.10. The molecule has 2 aromatic carbocycles. The van der Waals surface area contributed by atoms with Gasteiger partial charge in [0, 0.05) is 36.9 Å². The number of rotatable bonds is 4. The lowest BCUT2D eigenvalue weighted by Crippen LogP contribution is -2.48. The highest BCUT2D eigenvalue weighted by molar-refractivity contribution is 6.31. The number of hydrazine groups is 1. The third-order valence-corrected chi connectivity index (χ3v) is 6.40. The molecule has 2 aromatic heterocycles. The number of hydrogen-bond donors (Lipinski definition) is 1. The van der Waals surface area contributed by atoms with Gasteiger partial charge < -0.3 is 4.90 Å². The van der Waals surface area contributed by atoms with Crippen LogP contribution in [-0.2, 0) is 12.6 Å². The van der Waals surface area contributed by atoms with Crippen molar-refractivity contribution in [1.29, 1.82) is 0 Å². The van der Waals surface area contributed by atoms with E-state index in [-0.39, 0.29) is 32.9 Å². The van der Waals surface area contributed by atoms with E-state index in [1.54, 1.807) is 19.0 Å². The summed E-state index contributed by atoms with van der Waals surface area (Å²) in [5.74, 6) is -2.54. The monoisotopic (exact) mass is 531 g/mol. The molecule has 0 fully saturated rings. The number of anilines is 1. The van der Waals surface area contributed by atoms with Crippen molar-refractivity contribution in [1.82, 2.24) is 20.0 Å². The van der Waals surface area contributed by atoms with E-state index in [0.29, 0.717) is 16.9 Å². The molecular weight excluding hydrogens is 514 g/mol. The highest BCUT2D eigenvalue weighted by Gasteiger charge is 2.48. The van der Waals surface area contributed by atoms with Crippen LogP contribution < -0.4 is 15.8 Å². The Bertz CT molecular complexity index is 1640. The molecule has 7 nitrogen and oxygen atoms in total. The maximum Gasteiger partial charge on any atom is 0.348 e. The molecule has 1 aliphatic rings. The lowest BCUT2D eigenvalue weighted by atomic mass is 10.1. The molecule has 0 radical (unpaired) electrons. The number of alkyl halides is 2. The first kappa shape index (κ1) is 24.7. The summed E-state index contributed by atoms with van der Waals surface area (Å²) >= 11 is 6.06. The minimum absolute atomic E-state index is 0.0102. The van der Waals surface area contributed by atoms with Crippen molar-refractivity contribution in [3.8, 4) is 5.69 Å². The van der Waals surface area contributed by atoms with Crippen LogP contribution >= 0.6 is 11.6 Å². The van der Waals surface area contributed by atoms with Crippen LogP contribution in [0, 0.1) is 11.6 Å². The number of carbonyl (C=O) groups excluding carboxylic acids is 1. The first-order valence-electron chi connectivity index (χ1n) is 10.9. The number of aromatic nitrogens is 2. The maximum atomic E-state index is 15.0. The SMILES string of the molecule is CN(C)c1ccc2c(=O)c(C(=O)NN3Cc4c(Cl)cccc4C3(F)F)cn(-c3ccc(F)cc3F)c2n1. The van der Waals surface area contributed by atoms with E-state index >= 15 is 8.78 Å². The number of halogens is 5. The quantitative estimate of drug-likeness (QED) is 0.308. The standard InChI is InChI=1S/C25H18ClF4N5O2/c1-33(2)21-9-7-14-22(36)16(11-34(23(14)31-21)20-8-6-13(27)10-19(20)28)24(37)32-35-12-15-17(25(35,29)30)4-3-5-18(15)26/h3-11H,12H2,1-2H3,(H,32,37). The summed E-state index contributed by atoms with van der Waals surface area (Å²) in [4.78, 5) is 32.5. The second-order valence-corrected chi connectivity index (χ2v) is 9.01. The van der Waals surface area contributed by atoms with E-state index < -0.39 is 41.1 Å². The Labute approximate surface area is 212 Å². The molecule has 1 N–H and O–H groups in total.